The first-order chi connectivity index (χ1) is 15.7. The van der Waals surface area contributed by atoms with Crippen LogP contribution in [0, 0.1) is 5.92 Å². The number of nitrogens with one attached hydrogen (secondary N) is 3. The minimum Gasteiger partial charge on any atom is -0.352 e. The number of hydrogen-bond acceptors (Lipinski definition) is 4. The van der Waals surface area contributed by atoms with Gasteiger partial charge in [-0.15, -0.1) is 0 Å². The van der Waals surface area contributed by atoms with Crippen LogP contribution in [0.3, 0.4) is 0 Å². The molecule has 7 nitrogen and oxygen atoms in total. The quantitative estimate of drug-likeness (QED) is 0.366. The number of fused-ring (bicyclic) bond motifs is 2. The molecule has 1 saturated carbocycles. The Kier molecular flexibility index (Phi) is 4.45. The lowest BCUT2D eigenvalue weighted by Gasteiger charge is -2.11. The number of amides is 1. The van der Waals surface area contributed by atoms with E-state index >= 15 is 0 Å². The number of pyridine rings is 2. The summed E-state index contributed by atoms with van der Waals surface area (Å²) in [5, 5.41) is 11.7. The zero-order valence-electron chi connectivity index (χ0n) is 17.4. The van der Waals surface area contributed by atoms with Crippen molar-refractivity contribution in [3.05, 3.63) is 61.1 Å². The Morgan fingerprint density at radius 3 is 2.78 bits per heavy atom. The van der Waals surface area contributed by atoms with Crippen LogP contribution in [0.1, 0.15) is 25.7 Å². The number of benzene rings is 1. The first-order valence-corrected chi connectivity index (χ1v) is 10.9. The summed E-state index contributed by atoms with van der Waals surface area (Å²) in [5.41, 5.74) is 7.29. The predicted molar refractivity (Wildman–Crippen MR) is 125 cm³/mol. The van der Waals surface area contributed by atoms with Gasteiger partial charge in [-0.1, -0.05) is 18.9 Å². The summed E-state index contributed by atoms with van der Waals surface area (Å²) in [7, 11) is 0. The van der Waals surface area contributed by atoms with Crippen LogP contribution in [0.25, 0.3) is 44.5 Å². The van der Waals surface area contributed by atoms with E-state index in [1.165, 1.54) is 0 Å². The van der Waals surface area contributed by atoms with Gasteiger partial charge in [0.15, 0.2) is 0 Å². The molecule has 0 saturated heterocycles. The number of carbonyl (C=O) groups excluding carboxylic acids is 1. The lowest BCUT2D eigenvalue weighted by molar-refractivity contribution is -0.119. The molecule has 3 N–H and O–H groups in total. The van der Waals surface area contributed by atoms with Crippen molar-refractivity contribution in [3.8, 4) is 22.5 Å². The van der Waals surface area contributed by atoms with E-state index in [1.54, 1.807) is 12.4 Å². The summed E-state index contributed by atoms with van der Waals surface area (Å²) in [6, 6.07) is 14.1. The molecule has 158 valence electrons. The molecule has 0 spiro atoms. The van der Waals surface area contributed by atoms with Crippen LogP contribution in [0.4, 0.5) is 5.69 Å². The van der Waals surface area contributed by atoms with E-state index in [1.807, 2.05) is 42.6 Å². The highest BCUT2D eigenvalue weighted by molar-refractivity contribution is 5.97. The van der Waals surface area contributed by atoms with Gasteiger partial charge in [0.1, 0.15) is 5.69 Å². The topological polar surface area (TPSA) is 99.3 Å². The second kappa shape index (κ2) is 7.60. The van der Waals surface area contributed by atoms with E-state index < -0.39 is 0 Å². The molecule has 0 unspecified atom stereocenters. The van der Waals surface area contributed by atoms with Gasteiger partial charge in [0.2, 0.25) is 5.91 Å². The second-order valence-corrected chi connectivity index (χ2v) is 8.38. The number of hydrogen-bond donors (Lipinski definition) is 3. The van der Waals surface area contributed by atoms with Crippen molar-refractivity contribution >= 4 is 33.5 Å². The normalized spacial score (nSPS) is 14.4. The van der Waals surface area contributed by atoms with E-state index in [0.717, 1.165) is 75.8 Å². The lowest BCUT2D eigenvalue weighted by Crippen LogP contribution is -2.20. The van der Waals surface area contributed by atoms with Crippen molar-refractivity contribution < 1.29 is 4.79 Å². The maximum Gasteiger partial charge on any atom is 0.227 e. The van der Waals surface area contributed by atoms with Gasteiger partial charge in [0, 0.05) is 29.3 Å². The van der Waals surface area contributed by atoms with Crippen LogP contribution in [0.2, 0.25) is 0 Å². The first kappa shape index (κ1) is 18.7. The van der Waals surface area contributed by atoms with Crippen LogP contribution in [-0.2, 0) is 4.79 Å². The average molecular weight is 422 g/mol. The van der Waals surface area contributed by atoms with Crippen LogP contribution >= 0.6 is 0 Å². The summed E-state index contributed by atoms with van der Waals surface area (Å²) < 4.78 is 0. The third kappa shape index (κ3) is 3.32. The molecule has 4 heterocycles. The Bertz CT molecular complexity index is 1410. The SMILES string of the molecule is O=C(Nc1cncc(-c2ccc3[nH]nc(-c4cc5ncccc5[nH]4)c3c2)c1)C1CCCC1. The van der Waals surface area contributed by atoms with Crippen LogP contribution in [-0.4, -0.2) is 31.1 Å². The fourth-order valence-electron chi connectivity index (χ4n) is 4.58. The molecule has 1 aliphatic carbocycles. The fraction of sp³-hybridized carbons (Fsp3) is 0.200. The molecular weight excluding hydrogens is 400 g/mol. The number of aromatic nitrogens is 5. The van der Waals surface area contributed by atoms with Crippen molar-refractivity contribution in [1.82, 2.24) is 25.1 Å². The van der Waals surface area contributed by atoms with E-state index in [9.17, 15) is 4.79 Å². The number of H-pyrrole nitrogens is 2. The van der Waals surface area contributed by atoms with Crippen molar-refractivity contribution in [2.45, 2.75) is 25.7 Å². The molecule has 32 heavy (non-hydrogen) atoms. The summed E-state index contributed by atoms with van der Waals surface area (Å²) >= 11 is 0. The maximum absolute atomic E-state index is 12.5. The Labute approximate surface area is 184 Å². The minimum atomic E-state index is 0.0986. The number of nitrogens with zero attached hydrogens (tertiary/aromatic N) is 3. The van der Waals surface area contributed by atoms with Crippen molar-refractivity contribution in [2.75, 3.05) is 5.32 Å². The Hall–Kier alpha value is -4.00. The Morgan fingerprint density at radius 2 is 1.91 bits per heavy atom. The van der Waals surface area contributed by atoms with E-state index in [-0.39, 0.29) is 11.8 Å². The maximum atomic E-state index is 12.5. The molecule has 0 bridgehead atoms. The van der Waals surface area contributed by atoms with Gasteiger partial charge in [0.25, 0.3) is 0 Å². The Balaban J connectivity index is 1.35. The zero-order valence-corrected chi connectivity index (χ0v) is 17.4. The van der Waals surface area contributed by atoms with Gasteiger partial charge in [-0.05, 0) is 54.8 Å². The first-order valence-electron chi connectivity index (χ1n) is 10.9. The monoisotopic (exact) mass is 422 g/mol. The summed E-state index contributed by atoms with van der Waals surface area (Å²) in [4.78, 5) is 24.7. The van der Waals surface area contributed by atoms with Crippen molar-refractivity contribution in [3.63, 3.8) is 0 Å². The number of anilines is 1. The molecule has 1 aromatic carbocycles. The molecule has 0 radical (unpaired) electrons. The summed E-state index contributed by atoms with van der Waals surface area (Å²) in [6.07, 6.45) is 9.52. The molecule has 1 amide bonds. The molecule has 5 aromatic rings. The fourth-order valence-corrected chi connectivity index (χ4v) is 4.58. The number of rotatable bonds is 4. The third-order valence-electron chi connectivity index (χ3n) is 6.27. The average Bonchev–Trinajstić information content (AvgIpc) is 3.58. The number of aromatic amines is 2. The zero-order chi connectivity index (χ0) is 21.5. The third-order valence-corrected chi connectivity index (χ3v) is 6.27. The molecule has 4 aromatic heterocycles. The van der Waals surface area contributed by atoms with Crippen LogP contribution in [0.15, 0.2) is 61.1 Å². The van der Waals surface area contributed by atoms with Gasteiger partial charge in [-0.3, -0.25) is 19.9 Å². The summed E-state index contributed by atoms with van der Waals surface area (Å²) in [6.45, 7) is 0. The van der Waals surface area contributed by atoms with Crippen LogP contribution in [0.5, 0.6) is 0 Å². The van der Waals surface area contributed by atoms with Crippen LogP contribution < -0.4 is 5.32 Å². The molecular formula is C25H22N6O. The van der Waals surface area contributed by atoms with E-state index in [2.05, 4.69) is 36.5 Å². The van der Waals surface area contributed by atoms with Crippen molar-refractivity contribution in [1.29, 1.82) is 0 Å². The van der Waals surface area contributed by atoms with Gasteiger partial charge < -0.3 is 10.3 Å². The number of carbonyl (C=O) groups is 1. The molecule has 1 fully saturated rings. The highest BCUT2D eigenvalue weighted by Gasteiger charge is 2.22. The van der Waals surface area contributed by atoms with Gasteiger partial charge in [-0.25, -0.2) is 0 Å². The standard InChI is InChI=1S/C25H22N6O/c32-25(15-4-1-2-5-15)28-18-10-17(13-26-14-18)16-7-8-20-19(11-16)24(31-30-20)23-12-22-21(29-23)6-3-9-27-22/h3,6-15,29H,1-2,4-5H2,(H,28,32)(H,30,31). The van der Waals surface area contributed by atoms with E-state index in [0.29, 0.717) is 0 Å². The lowest BCUT2D eigenvalue weighted by atomic mass is 10.0. The van der Waals surface area contributed by atoms with Crippen molar-refractivity contribution in [2.24, 2.45) is 5.92 Å². The largest absolute Gasteiger partial charge is 0.352 e. The van der Waals surface area contributed by atoms with Gasteiger partial charge >= 0.3 is 0 Å². The molecule has 0 aliphatic heterocycles. The molecule has 7 heteroatoms. The molecule has 6 rings (SSSR count). The predicted octanol–water partition coefficient (Wildman–Crippen LogP) is 5.30. The highest BCUT2D eigenvalue weighted by Crippen LogP contribution is 2.32. The second-order valence-electron chi connectivity index (χ2n) is 8.38. The molecule has 1 aliphatic rings. The summed E-state index contributed by atoms with van der Waals surface area (Å²) in [5.74, 6) is 0.218. The Morgan fingerprint density at radius 1 is 1.00 bits per heavy atom. The smallest absolute Gasteiger partial charge is 0.227 e. The van der Waals surface area contributed by atoms with Gasteiger partial charge in [0.05, 0.1) is 34.1 Å². The molecule has 0 atom stereocenters. The van der Waals surface area contributed by atoms with Gasteiger partial charge in [-0.2, -0.15) is 5.10 Å². The van der Waals surface area contributed by atoms with E-state index in [4.69, 9.17) is 0 Å². The highest BCUT2D eigenvalue weighted by atomic mass is 16.1. The minimum absolute atomic E-state index is 0.0986.